The summed E-state index contributed by atoms with van der Waals surface area (Å²) in [6, 6.07) is 13.1. The van der Waals surface area contributed by atoms with Crippen LogP contribution >= 0.6 is 0 Å². The van der Waals surface area contributed by atoms with Gasteiger partial charge >= 0.3 is 0 Å². The van der Waals surface area contributed by atoms with E-state index in [-0.39, 0.29) is 36.8 Å². The minimum Gasteiger partial charge on any atom is -0.484 e. The van der Waals surface area contributed by atoms with Gasteiger partial charge in [-0.3, -0.25) is 4.79 Å². The van der Waals surface area contributed by atoms with Crippen LogP contribution in [0, 0.1) is 5.82 Å². The molecule has 1 aromatic heterocycles. The van der Waals surface area contributed by atoms with E-state index in [9.17, 15) is 9.18 Å². The average molecular weight is 385 g/mol. The van der Waals surface area contributed by atoms with E-state index in [0.717, 1.165) is 0 Å². The zero-order valence-corrected chi connectivity index (χ0v) is 15.5. The second kappa shape index (κ2) is 8.98. The topological polar surface area (TPSA) is 86.5 Å². The smallest absolute Gasteiger partial charge is 0.264 e. The quantitative estimate of drug-likeness (QED) is 0.640. The molecule has 2 aromatic carbocycles. The number of carbonyl (C=O) groups excluding carboxylic acids is 1. The zero-order valence-electron chi connectivity index (χ0n) is 15.5. The maximum absolute atomic E-state index is 13.6. The number of nitrogens with zero attached hydrogens (tertiary/aromatic N) is 2. The Morgan fingerprint density at radius 2 is 2.00 bits per heavy atom. The minimum atomic E-state index is -0.464. The average Bonchev–Trinajstić information content (AvgIpc) is 3.15. The lowest BCUT2D eigenvalue weighted by atomic mass is 10.2. The Balaban J connectivity index is 1.61. The Labute approximate surface area is 161 Å². The van der Waals surface area contributed by atoms with E-state index >= 15 is 0 Å². The van der Waals surface area contributed by atoms with Crippen LogP contribution in [-0.4, -0.2) is 28.7 Å². The van der Waals surface area contributed by atoms with E-state index in [1.807, 2.05) is 13.8 Å². The van der Waals surface area contributed by atoms with Crippen LogP contribution < -0.4 is 14.8 Å². The van der Waals surface area contributed by atoms with Crippen LogP contribution in [0.3, 0.4) is 0 Å². The van der Waals surface area contributed by atoms with Gasteiger partial charge in [-0.2, -0.15) is 4.98 Å². The number of nitrogens with one attached hydrogen (secondary N) is 1. The summed E-state index contributed by atoms with van der Waals surface area (Å²) in [7, 11) is 0. The van der Waals surface area contributed by atoms with Gasteiger partial charge in [-0.05, 0) is 38.1 Å². The summed E-state index contributed by atoms with van der Waals surface area (Å²) in [6.07, 6.45) is 0. The Bertz CT molecular complexity index is 942. The Morgan fingerprint density at radius 1 is 1.18 bits per heavy atom. The van der Waals surface area contributed by atoms with Crippen LogP contribution in [0.4, 0.5) is 4.39 Å². The molecular weight excluding hydrogens is 365 g/mol. The SMILES string of the molecule is CC(C)NC(=O)COc1cccc(-c2noc(COc3ccccc3F)n2)c1. The van der Waals surface area contributed by atoms with Crippen LogP contribution in [0.25, 0.3) is 11.4 Å². The van der Waals surface area contributed by atoms with Gasteiger partial charge in [0.1, 0.15) is 5.75 Å². The highest BCUT2D eigenvalue weighted by molar-refractivity contribution is 5.77. The molecule has 0 aliphatic carbocycles. The lowest BCUT2D eigenvalue weighted by Gasteiger charge is -2.10. The third-order valence-electron chi connectivity index (χ3n) is 3.57. The van der Waals surface area contributed by atoms with Crippen molar-refractivity contribution >= 4 is 5.91 Å². The normalized spacial score (nSPS) is 10.7. The summed E-state index contributed by atoms with van der Waals surface area (Å²) in [6.45, 7) is 3.61. The first-order valence-corrected chi connectivity index (χ1v) is 8.74. The molecule has 0 unspecified atom stereocenters. The Hall–Kier alpha value is -3.42. The summed E-state index contributed by atoms with van der Waals surface area (Å²) in [5.41, 5.74) is 0.655. The third-order valence-corrected chi connectivity index (χ3v) is 3.57. The maximum atomic E-state index is 13.6. The van der Waals surface area contributed by atoms with E-state index in [2.05, 4.69) is 15.5 Å². The van der Waals surface area contributed by atoms with Gasteiger partial charge in [-0.1, -0.05) is 29.4 Å². The van der Waals surface area contributed by atoms with Crippen LogP contribution in [0.15, 0.2) is 53.1 Å². The standard InChI is InChI=1S/C20H20FN3O4/c1-13(2)22-18(25)11-26-15-7-5-6-14(10-15)20-23-19(28-24-20)12-27-17-9-4-3-8-16(17)21/h3-10,13H,11-12H2,1-2H3,(H,22,25). The number of aromatic nitrogens is 2. The van der Waals surface area contributed by atoms with Gasteiger partial charge in [0, 0.05) is 11.6 Å². The van der Waals surface area contributed by atoms with Crippen molar-refractivity contribution in [2.75, 3.05) is 6.61 Å². The van der Waals surface area contributed by atoms with Crippen molar-refractivity contribution in [1.82, 2.24) is 15.5 Å². The molecular formula is C20H20FN3O4. The molecule has 1 heterocycles. The Kier molecular flexibility index (Phi) is 6.21. The molecule has 0 bridgehead atoms. The van der Waals surface area contributed by atoms with Gasteiger partial charge in [-0.15, -0.1) is 0 Å². The number of ether oxygens (including phenoxy) is 2. The summed E-state index contributed by atoms with van der Waals surface area (Å²) in [5, 5.41) is 6.65. The van der Waals surface area contributed by atoms with E-state index in [1.54, 1.807) is 36.4 Å². The molecule has 0 spiro atoms. The zero-order chi connectivity index (χ0) is 19.9. The lowest BCUT2D eigenvalue weighted by Crippen LogP contribution is -2.34. The third kappa shape index (κ3) is 5.29. The number of halogens is 1. The fraction of sp³-hybridized carbons (Fsp3) is 0.250. The molecule has 1 amide bonds. The van der Waals surface area contributed by atoms with Gasteiger partial charge in [-0.25, -0.2) is 4.39 Å². The first kappa shape index (κ1) is 19.3. The van der Waals surface area contributed by atoms with Crippen molar-refractivity contribution in [1.29, 1.82) is 0 Å². The highest BCUT2D eigenvalue weighted by atomic mass is 19.1. The predicted octanol–water partition coefficient (Wildman–Crippen LogP) is 3.36. The van der Waals surface area contributed by atoms with Gasteiger partial charge in [0.15, 0.2) is 24.8 Å². The van der Waals surface area contributed by atoms with Crippen molar-refractivity contribution in [3.63, 3.8) is 0 Å². The van der Waals surface area contributed by atoms with Crippen molar-refractivity contribution in [3.05, 3.63) is 60.2 Å². The second-order valence-electron chi connectivity index (χ2n) is 6.27. The number of amides is 1. The molecule has 0 aliphatic heterocycles. The largest absolute Gasteiger partial charge is 0.484 e. The van der Waals surface area contributed by atoms with Gasteiger partial charge in [0.05, 0.1) is 0 Å². The van der Waals surface area contributed by atoms with Crippen molar-refractivity contribution < 1.29 is 23.2 Å². The number of para-hydroxylation sites is 1. The molecule has 146 valence electrons. The molecule has 28 heavy (non-hydrogen) atoms. The van der Waals surface area contributed by atoms with E-state index in [1.165, 1.54) is 12.1 Å². The molecule has 0 aliphatic rings. The fourth-order valence-electron chi connectivity index (χ4n) is 2.37. The monoisotopic (exact) mass is 385 g/mol. The number of benzene rings is 2. The summed E-state index contributed by atoms with van der Waals surface area (Å²) < 4.78 is 29.6. The molecule has 3 aromatic rings. The summed E-state index contributed by atoms with van der Waals surface area (Å²) in [5.74, 6) is 0.494. The maximum Gasteiger partial charge on any atom is 0.264 e. The highest BCUT2D eigenvalue weighted by Gasteiger charge is 2.12. The first-order chi connectivity index (χ1) is 13.5. The summed E-state index contributed by atoms with van der Waals surface area (Å²) in [4.78, 5) is 15.9. The predicted molar refractivity (Wildman–Crippen MR) is 99.2 cm³/mol. The van der Waals surface area contributed by atoms with Crippen LogP contribution in [0.1, 0.15) is 19.7 Å². The van der Waals surface area contributed by atoms with Crippen molar-refractivity contribution in [2.45, 2.75) is 26.5 Å². The molecule has 0 atom stereocenters. The van der Waals surface area contributed by atoms with Gasteiger partial charge < -0.3 is 19.3 Å². The molecule has 0 saturated carbocycles. The van der Waals surface area contributed by atoms with Crippen molar-refractivity contribution in [3.8, 4) is 22.9 Å². The minimum absolute atomic E-state index is 0.0479. The Morgan fingerprint density at radius 3 is 2.79 bits per heavy atom. The van der Waals surface area contributed by atoms with Crippen molar-refractivity contribution in [2.24, 2.45) is 0 Å². The van der Waals surface area contributed by atoms with Gasteiger partial charge in [0.2, 0.25) is 5.82 Å². The molecule has 1 N–H and O–H groups in total. The number of rotatable bonds is 8. The lowest BCUT2D eigenvalue weighted by molar-refractivity contribution is -0.123. The van der Waals surface area contributed by atoms with Gasteiger partial charge in [0.25, 0.3) is 11.8 Å². The second-order valence-corrected chi connectivity index (χ2v) is 6.27. The summed E-state index contributed by atoms with van der Waals surface area (Å²) >= 11 is 0. The van der Waals surface area contributed by atoms with E-state index in [0.29, 0.717) is 17.1 Å². The molecule has 3 rings (SSSR count). The fourth-order valence-corrected chi connectivity index (χ4v) is 2.37. The molecule has 0 radical (unpaired) electrons. The first-order valence-electron chi connectivity index (χ1n) is 8.74. The molecule has 0 fully saturated rings. The highest BCUT2D eigenvalue weighted by Crippen LogP contribution is 2.22. The molecule has 7 nitrogen and oxygen atoms in total. The number of carbonyl (C=O) groups is 1. The van der Waals surface area contributed by atoms with Crippen LogP contribution in [0.5, 0.6) is 11.5 Å². The molecule has 8 heteroatoms. The number of hydrogen-bond acceptors (Lipinski definition) is 6. The number of hydrogen-bond donors (Lipinski definition) is 1. The van der Waals surface area contributed by atoms with Crippen LogP contribution in [0.2, 0.25) is 0 Å². The van der Waals surface area contributed by atoms with E-state index in [4.69, 9.17) is 14.0 Å². The van der Waals surface area contributed by atoms with Crippen LogP contribution in [-0.2, 0) is 11.4 Å². The molecule has 0 saturated heterocycles. The van der Waals surface area contributed by atoms with E-state index < -0.39 is 5.82 Å².